The van der Waals surface area contributed by atoms with Crippen molar-refractivity contribution in [2.24, 2.45) is 10.8 Å². The number of hydrogen-bond acceptors (Lipinski definition) is 16. The van der Waals surface area contributed by atoms with Crippen molar-refractivity contribution >= 4 is 70.8 Å². The molecule has 2 heterocycles. The number of benzene rings is 5. The molecular formula is C72H86N12O16. The zero-order valence-corrected chi connectivity index (χ0v) is 57.1. The molecule has 5 aromatic carbocycles. The topological polar surface area (TPSA) is 378 Å². The van der Waals surface area contributed by atoms with Gasteiger partial charge in [-0.3, -0.25) is 58.6 Å². The van der Waals surface area contributed by atoms with Crippen molar-refractivity contribution in [3.05, 3.63) is 186 Å². The Labute approximate surface area is 578 Å². The Morgan fingerprint density at radius 3 is 1.23 bits per heavy atom. The molecule has 0 aromatic heterocycles. The Hall–Kier alpha value is -10.8. The molecule has 2 saturated heterocycles. The summed E-state index contributed by atoms with van der Waals surface area (Å²) in [4.78, 5) is 166. The van der Waals surface area contributed by atoms with Crippen LogP contribution < -0.4 is 42.5 Å². The second-order valence-corrected chi connectivity index (χ2v) is 28.1. The van der Waals surface area contributed by atoms with Crippen LogP contribution in [-0.4, -0.2) is 141 Å². The summed E-state index contributed by atoms with van der Waals surface area (Å²) in [7, 11) is 0. The smallest absolute Gasteiger partial charge is 0.408 e. The van der Waals surface area contributed by atoms with E-state index in [2.05, 4.69) is 42.5 Å². The van der Waals surface area contributed by atoms with Gasteiger partial charge < -0.3 is 61.8 Å². The number of carbonyl (C=O) groups is 10. The van der Waals surface area contributed by atoms with Gasteiger partial charge in [0.2, 0.25) is 35.4 Å². The molecule has 10 atom stereocenters. The molecule has 0 spiro atoms. The molecule has 8 N–H and O–H groups in total. The standard InChI is InChI=1S/C72H86N12O16/c1-41(73-69(93)99-39-43-26-30-51(31-27-43)83(95)96)61(85)79-59(71(3,4)5)67(91)81-37-49(35-57(81)65(89)77-55-24-14-18-45-16-9-11-22-53(45)55)75-63(87)47-20-13-21-48(34-47)64(88)76-50-36-58(66(90)78-56-25-15-19-46-17-10-12-23-54(46)56)82(38-50)68(92)60(72(6,7)8)80-62(86)42(2)74-70(94)100-40-44-28-32-52(33-29-44)84(97)98/h9-13,16-17,20-23,26-34,41-42,49-50,55-60H,14-15,18-19,24-25,35-40H2,1-8H3,(H,73,93)(H,74,94)(H,75,87)(H,76,88)(H,77,89)(H,78,90)(H,79,85)(H,80,86)/t41-,42-,49-,50-,55+,56+,57-,58?,59+,60?/m0/s1. The lowest BCUT2D eigenvalue weighted by Crippen LogP contribution is -2.60. The minimum atomic E-state index is -1.28. The number of non-ortho nitro benzene ring substituents is 2. The molecule has 9 rings (SSSR count). The van der Waals surface area contributed by atoms with E-state index in [0.717, 1.165) is 47.9 Å². The monoisotopic (exact) mass is 1370 g/mol. The third-order valence-electron chi connectivity index (χ3n) is 18.5. The van der Waals surface area contributed by atoms with Gasteiger partial charge >= 0.3 is 12.2 Å². The Morgan fingerprint density at radius 2 is 0.870 bits per heavy atom. The number of amides is 10. The van der Waals surface area contributed by atoms with Crippen LogP contribution in [0.4, 0.5) is 21.0 Å². The van der Waals surface area contributed by atoms with Gasteiger partial charge in [-0.1, -0.05) is 96.1 Å². The maximum absolute atomic E-state index is 15.1. The minimum absolute atomic E-state index is 0.0435. The lowest BCUT2D eigenvalue weighted by molar-refractivity contribution is -0.385. The van der Waals surface area contributed by atoms with E-state index in [1.165, 1.54) is 96.4 Å². The number of nitrogens with one attached hydrogen (secondary N) is 8. The highest BCUT2D eigenvalue weighted by Gasteiger charge is 2.48. The zero-order valence-electron chi connectivity index (χ0n) is 57.1. The van der Waals surface area contributed by atoms with E-state index >= 15 is 9.59 Å². The van der Waals surface area contributed by atoms with Crippen LogP contribution in [0.1, 0.15) is 160 Å². The first-order chi connectivity index (χ1) is 47.4. The van der Waals surface area contributed by atoms with E-state index in [1.807, 2.05) is 48.5 Å². The van der Waals surface area contributed by atoms with Crippen molar-refractivity contribution < 1.29 is 67.3 Å². The summed E-state index contributed by atoms with van der Waals surface area (Å²) >= 11 is 0. The van der Waals surface area contributed by atoms with Crippen molar-refractivity contribution in [2.45, 2.75) is 180 Å². The maximum atomic E-state index is 15.1. The number of carbonyl (C=O) groups excluding carboxylic acids is 10. The molecule has 2 fully saturated rings. The fourth-order valence-corrected chi connectivity index (χ4v) is 13.0. The molecule has 530 valence electrons. The molecule has 2 unspecified atom stereocenters. The van der Waals surface area contributed by atoms with Gasteiger partial charge in [-0.2, -0.15) is 0 Å². The summed E-state index contributed by atoms with van der Waals surface area (Å²) in [6.45, 7) is 12.3. The second-order valence-electron chi connectivity index (χ2n) is 28.1. The molecular weight excluding hydrogens is 1290 g/mol. The van der Waals surface area contributed by atoms with Crippen molar-refractivity contribution in [1.82, 2.24) is 52.3 Å². The molecule has 2 aliphatic carbocycles. The third-order valence-corrected chi connectivity index (χ3v) is 18.5. The van der Waals surface area contributed by atoms with Gasteiger partial charge in [-0.25, -0.2) is 9.59 Å². The SMILES string of the molecule is C[C@H](NC(=O)OCc1ccc([N+](=O)[O-])cc1)C(=O)NC(C(=O)N1C[C@@H](NC(=O)c2cccc(C(=O)N[C@H]3C[C@@H](C(=O)N[C@@H]4CCCc5ccccc54)N(C(=O)[C@@H](NC(=O)[C@H](C)NC(=O)OCc4ccc([N+](=O)[O-])cc4)C(C)(C)C)C3)c2)CC1C(=O)N[C@@H]1CCCc2ccccc21)C(C)(C)C. The lowest BCUT2D eigenvalue weighted by atomic mass is 9.85. The number of aryl methyl sites for hydroxylation is 2. The van der Waals surface area contributed by atoms with Crippen molar-refractivity contribution in [1.29, 1.82) is 0 Å². The molecule has 0 radical (unpaired) electrons. The third kappa shape index (κ3) is 18.5. The van der Waals surface area contributed by atoms with Crippen molar-refractivity contribution in [2.75, 3.05) is 13.1 Å². The Kier molecular flexibility index (Phi) is 23.4. The summed E-state index contributed by atoms with van der Waals surface area (Å²) in [5, 5.41) is 44.9. The highest BCUT2D eigenvalue weighted by molar-refractivity contribution is 6.01. The Bertz CT molecular complexity index is 3680. The van der Waals surface area contributed by atoms with Crippen molar-refractivity contribution in [3.8, 4) is 0 Å². The highest BCUT2D eigenvalue weighted by atomic mass is 16.6. The number of nitro benzene ring substituents is 2. The predicted octanol–water partition coefficient (Wildman–Crippen LogP) is 6.98. The largest absolute Gasteiger partial charge is 0.445 e. The van der Waals surface area contributed by atoms with Crippen LogP contribution in [0.5, 0.6) is 0 Å². The number of hydrogen-bond donors (Lipinski definition) is 8. The first kappa shape index (κ1) is 73.4. The van der Waals surface area contributed by atoms with E-state index in [4.69, 9.17) is 9.47 Å². The van der Waals surface area contributed by atoms with E-state index < -0.39 is 128 Å². The predicted molar refractivity (Wildman–Crippen MR) is 364 cm³/mol. The second kappa shape index (κ2) is 31.8. The van der Waals surface area contributed by atoms with Gasteiger partial charge in [0.1, 0.15) is 49.5 Å². The van der Waals surface area contributed by atoms with E-state index in [1.54, 1.807) is 41.5 Å². The molecule has 28 heteroatoms. The van der Waals surface area contributed by atoms with Crippen LogP contribution in [0, 0.1) is 31.1 Å². The van der Waals surface area contributed by atoms with Crippen LogP contribution in [-0.2, 0) is 64.3 Å². The molecule has 0 bridgehead atoms. The summed E-state index contributed by atoms with van der Waals surface area (Å²) in [6, 6.07) is 22.4. The van der Waals surface area contributed by atoms with E-state index in [-0.39, 0.29) is 73.7 Å². The zero-order chi connectivity index (χ0) is 72.3. The fourth-order valence-electron chi connectivity index (χ4n) is 13.0. The molecule has 10 amide bonds. The van der Waals surface area contributed by atoms with Crippen LogP contribution in [0.2, 0.25) is 0 Å². The fraction of sp³-hybridized carbons (Fsp3) is 0.444. The number of nitro groups is 2. The van der Waals surface area contributed by atoms with E-state index in [9.17, 15) is 58.6 Å². The van der Waals surface area contributed by atoms with Gasteiger partial charge in [-0.15, -0.1) is 0 Å². The quantitative estimate of drug-likeness (QED) is 0.0256. The van der Waals surface area contributed by atoms with Gasteiger partial charge in [-0.05, 0) is 152 Å². The molecule has 5 aromatic rings. The number of nitrogens with zero attached hydrogens (tertiary/aromatic N) is 4. The average Bonchev–Trinajstić information content (AvgIpc) is 1.61. The molecule has 100 heavy (non-hydrogen) atoms. The van der Waals surface area contributed by atoms with Crippen LogP contribution in [0.3, 0.4) is 0 Å². The van der Waals surface area contributed by atoms with Gasteiger partial charge in [0, 0.05) is 60.6 Å². The highest BCUT2D eigenvalue weighted by Crippen LogP contribution is 2.34. The molecule has 2 aliphatic heterocycles. The summed E-state index contributed by atoms with van der Waals surface area (Å²) in [5.74, 6) is -5.04. The maximum Gasteiger partial charge on any atom is 0.408 e. The summed E-state index contributed by atoms with van der Waals surface area (Å²) < 4.78 is 10.5. The van der Waals surface area contributed by atoms with Gasteiger partial charge in [0.15, 0.2) is 0 Å². The number of likely N-dealkylation sites (tertiary alicyclic amines) is 2. The Balaban J connectivity index is 0.886. The van der Waals surface area contributed by atoms with Gasteiger partial charge in [0.25, 0.3) is 23.2 Å². The van der Waals surface area contributed by atoms with Crippen LogP contribution in [0.15, 0.2) is 121 Å². The van der Waals surface area contributed by atoms with Crippen molar-refractivity contribution in [3.63, 3.8) is 0 Å². The van der Waals surface area contributed by atoms with E-state index in [0.29, 0.717) is 24.0 Å². The number of alkyl carbamates (subject to hydrolysis) is 2. The normalized spacial score (nSPS) is 19.8. The number of rotatable bonds is 22. The average molecular weight is 1380 g/mol. The van der Waals surface area contributed by atoms with Crippen LogP contribution >= 0.6 is 0 Å². The number of fused-ring (bicyclic) bond motifs is 2. The molecule has 28 nitrogen and oxygen atoms in total. The number of ether oxygens (including phenoxy) is 2. The first-order valence-corrected chi connectivity index (χ1v) is 33.5. The van der Waals surface area contributed by atoms with Gasteiger partial charge in [0.05, 0.1) is 21.9 Å². The Morgan fingerprint density at radius 1 is 0.500 bits per heavy atom. The molecule has 4 aliphatic rings. The first-order valence-electron chi connectivity index (χ1n) is 33.5. The molecule has 0 saturated carbocycles. The van der Waals surface area contributed by atoms with Crippen LogP contribution in [0.25, 0.3) is 0 Å². The lowest BCUT2D eigenvalue weighted by Gasteiger charge is -2.36. The minimum Gasteiger partial charge on any atom is -0.445 e. The summed E-state index contributed by atoms with van der Waals surface area (Å²) in [6.07, 6.45) is 2.47. The summed E-state index contributed by atoms with van der Waals surface area (Å²) in [5.41, 5.74) is 2.80.